The molecule has 5 nitrogen and oxygen atoms in total. The third kappa shape index (κ3) is 1.68. The average Bonchev–Trinajstić information content (AvgIpc) is 2.88. The summed E-state index contributed by atoms with van der Waals surface area (Å²) in [6.07, 6.45) is 3.03. The molecular weight excluding hydrogens is 210 g/mol. The highest BCUT2D eigenvalue weighted by Crippen LogP contribution is 2.35. The molecule has 1 aliphatic carbocycles. The van der Waals surface area contributed by atoms with Crippen LogP contribution >= 0.6 is 0 Å². The van der Waals surface area contributed by atoms with Gasteiger partial charge in [0.25, 0.3) is 5.91 Å². The smallest absolute Gasteiger partial charge is 0.329 e. The van der Waals surface area contributed by atoms with Gasteiger partial charge in [0.2, 0.25) is 0 Å². The molecule has 86 valence electrons. The van der Waals surface area contributed by atoms with E-state index in [1.807, 2.05) is 6.92 Å². The molecule has 2 N–H and O–H groups in total. The zero-order chi connectivity index (χ0) is 11.8. The van der Waals surface area contributed by atoms with Crippen molar-refractivity contribution >= 4 is 11.9 Å². The Balaban J connectivity index is 2.12. The first-order chi connectivity index (χ1) is 7.59. The molecule has 1 heterocycles. The largest absolute Gasteiger partial charge is 0.480 e. The fraction of sp³-hybridized carbons (Fsp3) is 0.455. The number of carboxylic acid groups (broad SMARTS) is 1. The van der Waals surface area contributed by atoms with Crippen molar-refractivity contribution in [2.75, 3.05) is 0 Å². The SMILES string of the molecule is CCc1occc1C(=O)NC1(C(=O)O)CC1. The van der Waals surface area contributed by atoms with Gasteiger partial charge >= 0.3 is 5.97 Å². The van der Waals surface area contributed by atoms with E-state index in [0.717, 1.165) is 0 Å². The second-order valence-electron chi connectivity index (χ2n) is 3.95. The Morgan fingerprint density at radius 1 is 1.56 bits per heavy atom. The predicted molar refractivity (Wildman–Crippen MR) is 55.2 cm³/mol. The van der Waals surface area contributed by atoms with Crippen molar-refractivity contribution in [2.24, 2.45) is 0 Å². The van der Waals surface area contributed by atoms with E-state index in [1.165, 1.54) is 6.26 Å². The van der Waals surface area contributed by atoms with Crippen LogP contribution < -0.4 is 5.32 Å². The fourth-order valence-electron chi connectivity index (χ4n) is 1.62. The summed E-state index contributed by atoms with van der Waals surface area (Å²) in [6.45, 7) is 1.87. The molecule has 1 saturated carbocycles. The number of hydrogen-bond acceptors (Lipinski definition) is 3. The summed E-state index contributed by atoms with van der Waals surface area (Å²) in [6, 6.07) is 1.56. The lowest BCUT2D eigenvalue weighted by Crippen LogP contribution is -2.43. The maximum atomic E-state index is 11.8. The Hall–Kier alpha value is -1.78. The van der Waals surface area contributed by atoms with Gasteiger partial charge in [-0.3, -0.25) is 4.79 Å². The molecule has 1 amide bonds. The molecule has 0 spiro atoms. The van der Waals surface area contributed by atoms with E-state index in [4.69, 9.17) is 9.52 Å². The standard InChI is InChI=1S/C11H13NO4/c1-2-8-7(3-6-16-8)9(13)12-11(4-5-11)10(14)15/h3,6H,2,4-5H2,1H3,(H,12,13)(H,14,15). The normalized spacial score (nSPS) is 16.8. The number of hydrogen-bond donors (Lipinski definition) is 2. The van der Waals surface area contributed by atoms with Gasteiger partial charge in [-0.25, -0.2) is 4.79 Å². The van der Waals surface area contributed by atoms with Crippen LogP contribution in [0.2, 0.25) is 0 Å². The lowest BCUT2D eigenvalue weighted by atomic mass is 10.2. The highest BCUT2D eigenvalue weighted by atomic mass is 16.4. The van der Waals surface area contributed by atoms with Crippen molar-refractivity contribution in [3.8, 4) is 0 Å². The molecular formula is C11H13NO4. The van der Waals surface area contributed by atoms with Crippen LogP contribution in [0.5, 0.6) is 0 Å². The quantitative estimate of drug-likeness (QED) is 0.803. The van der Waals surface area contributed by atoms with Gasteiger partial charge in [-0.05, 0) is 18.9 Å². The molecule has 1 aromatic rings. The number of aliphatic carboxylic acids is 1. The number of amides is 1. The van der Waals surface area contributed by atoms with Gasteiger partial charge in [-0.1, -0.05) is 6.92 Å². The average molecular weight is 223 g/mol. The van der Waals surface area contributed by atoms with E-state index in [0.29, 0.717) is 30.6 Å². The third-order valence-electron chi connectivity index (χ3n) is 2.82. The van der Waals surface area contributed by atoms with E-state index in [-0.39, 0.29) is 5.91 Å². The fourth-order valence-corrected chi connectivity index (χ4v) is 1.62. The minimum absolute atomic E-state index is 0.370. The second kappa shape index (κ2) is 3.66. The van der Waals surface area contributed by atoms with Crippen molar-refractivity contribution in [2.45, 2.75) is 31.7 Å². The van der Waals surface area contributed by atoms with Crippen LogP contribution in [-0.2, 0) is 11.2 Å². The number of carbonyl (C=O) groups is 2. The molecule has 0 unspecified atom stereocenters. The molecule has 1 fully saturated rings. The molecule has 0 atom stereocenters. The van der Waals surface area contributed by atoms with Crippen molar-refractivity contribution in [3.05, 3.63) is 23.7 Å². The van der Waals surface area contributed by atoms with E-state index in [9.17, 15) is 9.59 Å². The molecule has 0 bridgehead atoms. The van der Waals surface area contributed by atoms with Gasteiger partial charge in [0.05, 0.1) is 11.8 Å². The molecule has 16 heavy (non-hydrogen) atoms. The van der Waals surface area contributed by atoms with Crippen LogP contribution in [0.1, 0.15) is 35.9 Å². The van der Waals surface area contributed by atoms with Crippen LogP contribution in [0.15, 0.2) is 16.7 Å². The first kappa shape index (κ1) is 10.7. The molecule has 2 rings (SSSR count). The van der Waals surface area contributed by atoms with Crippen molar-refractivity contribution in [1.29, 1.82) is 0 Å². The summed E-state index contributed by atoms with van der Waals surface area (Å²) in [7, 11) is 0. The van der Waals surface area contributed by atoms with E-state index in [2.05, 4.69) is 5.32 Å². The lowest BCUT2D eigenvalue weighted by Gasteiger charge is -2.11. The summed E-state index contributed by atoms with van der Waals surface area (Å²) in [5.41, 5.74) is -0.616. The third-order valence-corrected chi connectivity index (χ3v) is 2.82. The Morgan fingerprint density at radius 2 is 2.25 bits per heavy atom. The summed E-state index contributed by atoms with van der Waals surface area (Å²) >= 11 is 0. The molecule has 1 aliphatic rings. The van der Waals surface area contributed by atoms with Crippen LogP contribution in [0.25, 0.3) is 0 Å². The Bertz CT molecular complexity index is 431. The summed E-state index contributed by atoms with van der Waals surface area (Å²) in [4.78, 5) is 22.7. The summed E-state index contributed by atoms with van der Waals surface area (Å²) in [5, 5.41) is 11.5. The minimum atomic E-state index is -1.04. The molecule has 0 radical (unpaired) electrons. The van der Waals surface area contributed by atoms with E-state index < -0.39 is 11.5 Å². The maximum Gasteiger partial charge on any atom is 0.329 e. The Labute approximate surface area is 92.4 Å². The number of carbonyl (C=O) groups excluding carboxylic acids is 1. The van der Waals surface area contributed by atoms with Crippen LogP contribution in [0.3, 0.4) is 0 Å². The van der Waals surface area contributed by atoms with Gasteiger partial charge in [0, 0.05) is 6.42 Å². The minimum Gasteiger partial charge on any atom is -0.480 e. The predicted octanol–water partition coefficient (Wildman–Crippen LogP) is 1.19. The maximum absolute atomic E-state index is 11.8. The number of furan rings is 1. The highest BCUT2D eigenvalue weighted by molar-refractivity contribution is 5.99. The number of carboxylic acids is 1. The zero-order valence-corrected chi connectivity index (χ0v) is 8.95. The van der Waals surface area contributed by atoms with Crippen molar-refractivity contribution in [1.82, 2.24) is 5.32 Å². The van der Waals surface area contributed by atoms with E-state index in [1.54, 1.807) is 6.07 Å². The van der Waals surface area contributed by atoms with Crippen LogP contribution in [0, 0.1) is 0 Å². The van der Waals surface area contributed by atoms with Crippen LogP contribution in [0.4, 0.5) is 0 Å². The topological polar surface area (TPSA) is 79.5 Å². The molecule has 0 aromatic carbocycles. The second-order valence-corrected chi connectivity index (χ2v) is 3.95. The zero-order valence-electron chi connectivity index (χ0n) is 8.95. The number of rotatable bonds is 4. The Morgan fingerprint density at radius 3 is 2.75 bits per heavy atom. The summed E-state index contributed by atoms with van der Waals surface area (Å²) < 4.78 is 5.12. The first-order valence-electron chi connectivity index (χ1n) is 5.21. The lowest BCUT2D eigenvalue weighted by molar-refractivity contribution is -0.140. The van der Waals surface area contributed by atoms with Crippen molar-refractivity contribution < 1.29 is 19.1 Å². The molecule has 1 aromatic heterocycles. The van der Waals surface area contributed by atoms with Gasteiger partial charge in [0.1, 0.15) is 11.3 Å². The van der Waals surface area contributed by atoms with E-state index >= 15 is 0 Å². The highest BCUT2D eigenvalue weighted by Gasteiger charge is 2.51. The summed E-state index contributed by atoms with van der Waals surface area (Å²) in [5.74, 6) is -0.758. The number of aryl methyl sites for hydroxylation is 1. The molecule has 0 saturated heterocycles. The first-order valence-corrected chi connectivity index (χ1v) is 5.21. The molecule has 5 heteroatoms. The monoisotopic (exact) mass is 223 g/mol. The van der Waals surface area contributed by atoms with Crippen molar-refractivity contribution in [3.63, 3.8) is 0 Å². The van der Waals surface area contributed by atoms with Gasteiger partial charge in [-0.2, -0.15) is 0 Å². The van der Waals surface area contributed by atoms with Gasteiger partial charge < -0.3 is 14.8 Å². The van der Waals surface area contributed by atoms with Gasteiger partial charge in [0.15, 0.2) is 0 Å². The Kier molecular flexibility index (Phi) is 2.46. The number of nitrogens with one attached hydrogen (secondary N) is 1. The van der Waals surface area contributed by atoms with Crippen LogP contribution in [-0.4, -0.2) is 22.5 Å². The van der Waals surface area contributed by atoms with Gasteiger partial charge in [-0.15, -0.1) is 0 Å². The molecule has 0 aliphatic heterocycles.